The monoisotopic (exact) mass is 391 g/mol. The Morgan fingerprint density at radius 1 is 1.36 bits per heavy atom. The van der Waals surface area contributed by atoms with Gasteiger partial charge in [-0.05, 0) is 18.2 Å². The number of benzene rings is 1. The summed E-state index contributed by atoms with van der Waals surface area (Å²) in [5.74, 6) is 0.186. The van der Waals surface area contributed by atoms with Crippen molar-refractivity contribution >= 4 is 27.3 Å². The molecule has 1 aromatic rings. The highest BCUT2D eigenvalue weighted by Crippen LogP contribution is 2.24. The van der Waals surface area contributed by atoms with Crippen LogP contribution >= 0.6 is 11.6 Å². The first kappa shape index (κ1) is 18.4. The van der Waals surface area contributed by atoms with Crippen LogP contribution in [-0.4, -0.2) is 69.6 Å². The second kappa shape index (κ2) is 7.47. The van der Waals surface area contributed by atoms with E-state index in [9.17, 15) is 17.6 Å². The van der Waals surface area contributed by atoms with E-state index in [1.165, 1.54) is 17.0 Å². The molecule has 1 aromatic carbocycles. The molecule has 9 heteroatoms. The average Bonchev–Trinajstić information content (AvgIpc) is 2.94. The van der Waals surface area contributed by atoms with Crippen molar-refractivity contribution in [3.63, 3.8) is 0 Å². The molecule has 3 rings (SSSR count). The average molecular weight is 392 g/mol. The maximum absolute atomic E-state index is 13.0. The Morgan fingerprint density at radius 3 is 2.68 bits per heavy atom. The van der Waals surface area contributed by atoms with E-state index in [0.717, 1.165) is 19.2 Å². The van der Waals surface area contributed by atoms with Crippen LogP contribution in [0.4, 0.5) is 4.39 Å². The summed E-state index contributed by atoms with van der Waals surface area (Å²) in [6.45, 7) is 2.47. The maximum atomic E-state index is 13.0. The number of halogens is 2. The molecule has 0 aliphatic carbocycles. The van der Waals surface area contributed by atoms with Crippen LogP contribution in [0.15, 0.2) is 18.2 Å². The zero-order valence-electron chi connectivity index (χ0n) is 13.7. The van der Waals surface area contributed by atoms with Gasteiger partial charge in [-0.15, -0.1) is 0 Å². The van der Waals surface area contributed by atoms with Crippen molar-refractivity contribution in [1.29, 1.82) is 0 Å². The number of nitrogens with one attached hydrogen (secondary N) is 1. The van der Waals surface area contributed by atoms with Gasteiger partial charge in [0.2, 0.25) is 0 Å². The van der Waals surface area contributed by atoms with E-state index < -0.39 is 15.7 Å². The molecule has 25 heavy (non-hydrogen) atoms. The van der Waals surface area contributed by atoms with Gasteiger partial charge in [0.15, 0.2) is 16.4 Å². The van der Waals surface area contributed by atoms with Crippen LogP contribution in [0.25, 0.3) is 0 Å². The molecule has 0 unspecified atom stereocenters. The van der Waals surface area contributed by atoms with Gasteiger partial charge in [0.05, 0.1) is 37.0 Å². The second-order valence-electron chi connectivity index (χ2n) is 6.50. The number of piperazine rings is 1. The number of rotatable bonds is 4. The van der Waals surface area contributed by atoms with E-state index in [2.05, 4.69) is 0 Å². The number of carbonyl (C=O) groups excluding carboxylic acids is 1. The summed E-state index contributed by atoms with van der Waals surface area (Å²) in [6.07, 6.45) is 0.706. The Bertz CT molecular complexity index is 751. The molecule has 1 amide bonds. The third-order valence-corrected chi connectivity index (χ3v) is 6.88. The van der Waals surface area contributed by atoms with E-state index in [1.54, 1.807) is 4.90 Å². The van der Waals surface area contributed by atoms with E-state index >= 15 is 0 Å². The Kier molecular flexibility index (Phi) is 5.50. The number of sulfone groups is 1. The van der Waals surface area contributed by atoms with Crippen LogP contribution in [0.3, 0.4) is 0 Å². The third kappa shape index (κ3) is 4.62. The molecular weight excluding hydrogens is 371 g/mol. The van der Waals surface area contributed by atoms with Gasteiger partial charge in [-0.2, -0.15) is 0 Å². The fourth-order valence-electron chi connectivity index (χ4n) is 3.39. The van der Waals surface area contributed by atoms with E-state index in [1.807, 2.05) is 0 Å². The van der Waals surface area contributed by atoms with Gasteiger partial charge in [-0.25, -0.2) is 12.8 Å². The molecule has 0 saturated carbocycles. The van der Waals surface area contributed by atoms with Crippen LogP contribution < -0.4 is 9.64 Å². The number of amides is 1. The summed E-state index contributed by atoms with van der Waals surface area (Å²) in [5.41, 5.74) is 0. The standard InChI is InChI=1S/C16H20ClFN2O4S/c17-14-9-12(18)1-2-15(14)24-10-16(21)20-6-4-19(5-7-20)13-3-8-25(22,23)11-13/h1-2,9,13H,3-8,10-11H2/p+1/t13-/m0/s1. The van der Waals surface area contributed by atoms with Crippen LogP contribution in [0, 0.1) is 5.82 Å². The predicted molar refractivity (Wildman–Crippen MR) is 91.2 cm³/mol. The van der Waals surface area contributed by atoms with Crippen LogP contribution in [0.5, 0.6) is 5.75 Å². The van der Waals surface area contributed by atoms with Crippen molar-refractivity contribution in [3.05, 3.63) is 29.0 Å². The SMILES string of the molecule is O=C(COc1ccc(F)cc1Cl)N1CC[NH+]([C@H]2CCS(=O)(=O)C2)CC1. The van der Waals surface area contributed by atoms with Crippen molar-refractivity contribution in [1.82, 2.24) is 4.90 Å². The summed E-state index contributed by atoms with van der Waals surface area (Å²) < 4.78 is 41.6. The zero-order valence-corrected chi connectivity index (χ0v) is 15.3. The van der Waals surface area contributed by atoms with Crippen molar-refractivity contribution in [2.45, 2.75) is 12.5 Å². The van der Waals surface area contributed by atoms with Crippen LogP contribution in [-0.2, 0) is 14.6 Å². The lowest BCUT2D eigenvalue weighted by molar-refractivity contribution is -0.925. The van der Waals surface area contributed by atoms with Gasteiger partial charge in [0.1, 0.15) is 23.4 Å². The van der Waals surface area contributed by atoms with E-state index in [0.29, 0.717) is 19.5 Å². The Morgan fingerprint density at radius 2 is 2.08 bits per heavy atom. The number of quaternary nitrogens is 1. The fourth-order valence-corrected chi connectivity index (χ4v) is 5.44. The number of carbonyl (C=O) groups is 1. The quantitative estimate of drug-likeness (QED) is 0.770. The zero-order chi connectivity index (χ0) is 18.0. The number of hydrogen-bond acceptors (Lipinski definition) is 4. The molecular formula is C16H21ClFN2O4S+. The molecule has 2 aliphatic rings. The van der Waals surface area contributed by atoms with E-state index in [-0.39, 0.29) is 40.8 Å². The molecule has 2 heterocycles. The summed E-state index contributed by atoms with van der Waals surface area (Å²) in [7, 11) is -2.88. The molecule has 2 saturated heterocycles. The second-order valence-corrected chi connectivity index (χ2v) is 9.14. The van der Waals surface area contributed by atoms with Crippen LogP contribution in [0.2, 0.25) is 5.02 Å². The molecule has 0 aromatic heterocycles. The van der Waals surface area contributed by atoms with Gasteiger partial charge in [-0.3, -0.25) is 4.79 Å². The summed E-state index contributed by atoms with van der Waals surface area (Å²) in [6, 6.07) is 3.91. The first-order valence-corrected chi connectivity index (χ1v) is 10.4. The number of hydrogen-bond donors (Lipinski definition) is 1. The van der Waals surface area contributed by atoms with Gasteiger partial charge < -0.3 is 14.5 Å². The smallest absolute Gasteiger partial charge is 0.260 e. The van der Waals surface area contributed by atoms with Crippen molar-refractivity contribution < 1.29 is 27.2 Å². The molecule has 2 fully saturated rings. The van der Waals surface area contributed by atoms with Gasteiger partial charge in [0.25, 0.3) is 5.91 Å². The summed E-state index contributed by atoms with van der Waals surface area (Å²) in [5, 5.41) is 0.129. The maximum Gasteiger partial charge on any atom is 0.260 e. The van der Waals surface area contributed by atoms with Gasteiger partial charge >= 0.3 is 0 Å². The lowest BCUT2D eigenvalue weighted by Crippen LogP contribution is -3.18. The lowest BCUT2D eigenvalue weighted by Gasteiger charge is -2.34. The molecule has 1 atom stereocenters. The van der Waals surface area contributed by atoms with Crippen molar-refractivity contribution in [2.75, 3.05) is 44.3 Å². The first-order chi connectivity index (χ1) is 11.8. The van der Waals surface area contributed by atoms with E-state index in [4.69, 9.17) is 16.3 Å². The normalized spacial score (nSPS) is 23.6. The fraction of sp³-hybridized carbons (Fsp3) is 0.562. The highest BCUT2D eigenvalue weighted by Gasteiger charge is 2.37. The minimum atomic E-state index is -2.88. The topological polar surface area (TPSA) is 68.1 Å². The third-order valence-electron chi connectivity index (χ3n) is 4.81. The molecule has 0 bridgehead atoms. The molecule has 0 radical (unpaired) electrons. The molecule has 1 N–H and O–H groups in total. The lowest BCUT2D eigenvalue weighted by atomic mass is 10.2. The van der Waals surface area contributed by atoms with Gasteiger partial charge in [-0.1, -0.05) is 11.6 Å². The summed E-state index contributed by atoms with van der Waals surface area (Å²) >= 11 is 5.87. The van der Waals surface area contributed by atoms with Gasteiger partial charge in [0, 0.05) is 6.42 Å². The van der Waals surface area contributed by atoms with Crippen molar-refractivity contribution in [2.24, 2.45) is 0 Å². The highest BCUT2D eigenvalue weighted by molar-refractivity contribution is 7.91. The minimum Gasteiger partial charge on any atom is -0.482 e. The molecule has 138 valence electrons. The summed E-state index contributed by atoms with van der Waals surface area (Å²) in [4.78, 5) is 15.2. The first-order valence-electron chi connectivity index (χ1n) is 8.25. The largest absolute Gasteiger partial charge is 0.482 e. The van der Waals surface area contributed by atoms with Crippen LogP contribution in [0.1, 0.15) is 6.42 Å². The Hall–Kier alpha value is -1.38. The Balaban J connectivity index is 1.47. The molecule has 0 spiro atoms. The highest BCUT2D eigenvalue weighted by atomic mass is 35.5. The minimum absolute atomic E-state index is 0.129. The Labute approximate surface area is 151 Å². The van der Waals surface area contributed by atoms with Crippen molar-refractivity contribution in [3.8, 4) is 5.75 Å². The number of nitrogens with zero attached hydrogens (tertiary/aromatic N) is 1. The number of ether oxygens (including phenoxy) is 1. The molecule has 2 aliphatic heterocycles. The molecule has 6 nitrogen and oxygen atoms in total. The predicted octanol–water partition coefficient (Wildman–Crippen LogP) is -0.228.